The highest BCUT2D eigenvalue weighted by molar-refractivity contribution is 6.03. The molecule has 116 valence electrons. The number of pyridine rings is 1. The number of carbonyl (C=O) groups excluding carboxylic acids is 1. The molecule has 1 N–H and O–H groups in total. The van der Waals surface area contributed by atoms with Gasteiger partial charge in [-0.05, 0) is 37.6 Å². The van der Waals surface area contributed by atoms with Crippen LogP contribution in [0.1, 0.15) is 23.0 Å². The number of nitrogens with zero attached hydrogens (tertiary/aromatic N) is 3. The highest BCUT2D eigenvalue weighted by Gasteiger charge is 2.17. The van der Waals surface area contributed by atoms with Gasteiger partial charge < -0.3 is 5.32 Å². The van der Waals surface area contributed by atoms with Crippen LogP contribution in [0.4, 0.5) is 5.82 Å². The third-order valence-corrected chi connectivity index (χ3v) is 3.53. The summed E-state index contributed by atoms with van der Waals surface area (Å²) < 4.78 is 1.65. The van der Waals surface area contributed by atoms with E-state index in [9.17, 15) is 9.59 Å². The van der Waals surface area contributed by atoms with Crippen molar-refractivity contribution >= 4 is 22.6 Å². The predicted octanol–water partition coefficient (Wildman–Crippen LogP) is 2.37. The topological polar surface area (TPSA) is 76.9 Å². The van der Waals surface area contributed by atoms with Gasteiger partial charge in [-0.1, -0.05) is 18.2 Å². The van der Waals surface area contributed by atoms with E-state index in [-0.39, 0.29) is 11.1 Å². The first kappa shape index (κ1) is 14.9. The van der Waals surface area contributed by atoms with Crippen molar-refractivity contribution in [3.63, 3.8) is 0 Å². The molecule has 6 heteroatoms. The van der Waals surface area contributed by atoms with E-state index in [0.717, 1.165) is 5.56 Å². The summed E-state index contributed by atoms with van der Waals surface area (Å²) in [6.45, 7) is 4.38. The van der Waals surface area contributed by atoms with Gasteiger partial charge in [-0.3, -0.25) is 14.3 Å². The van der Waals surface area contributed by atoms with Gasteiger partial charge in [0.1, 0.15) is 5.82 Å². The minimum atomic E-state index is -0.556. The van der Waals surface area contributed by atoms with Gasteiger partial charge in [0, 0.05) is 18.1 Å². The summed E-state index contributed by atoms with van der Waals surface area (Å²) in [7, 11) is 0. The Morgan fingerprint density at radius 3 is 2.70 bits per heavy atom. The summed E-state index contributed by atoms with van der Waals surface area (Å²) in [5.41, 5.74) is 1.19. The van der Waals surface area contributed by atoms with Crippen LogP contribution >= 0.6 is 0 Å². The molecule has 6 nitrogen and oxygen atoms in total. The van der Waals surface area contributed by atoms with Crippen LogP contribution in [0.2, 0.25) is 0 Å². The second-order valence-electron chi connectivity index (χ2n) is 5.19. The number of hydrogen-bond acceptors (Lipinski definition) is 4. The van der Waals surface area contributed by atoms with Crippen molar-refractivity contribution in [2.75, 3.05) is 5.32 Å². The van der Waals surface area contributed by atoms with Crippen LogP contribution in [0, 0.1) is 6.92 Å². The quantitative estimate of drug-likeness (QED) is 0.806. The average Bonchev–Trinajstić information content (AvgIpc) is 2.57. The molecule has 0 aliphatic rings. The van der Waals surface area contributed by atoms with Gasteiger partial charge in [0.25, 0.3) is 5.91 Å². The first-order valence-corrected chi connectivity index (χ1v) is 7.34. The van der Waals surface area contributed by atoms with Gasteiger partial charge in [0.05, 0.1) is 5.52 Å². The fourth-order valence-corrected chi connectivity index (χ4v) is 2.35. The van der Waals surface area contributed by atoms with Crippen molar-refractivity contribution in [3.05, 3.63) is 64.1 Å². The lowest BCUT2D eigenvalue weighted by atomic mass is 10.2. The Balaban J connectivity index is 2.05. The number of nitrogens with one attached hydrogen (secondary N) is 1. The summed E-state index contributed by atoms with van der Waals surface area (Å²) in [5, 5.41) is 7.29. The summed E-state index contributed by atoms with van der Waals surface area (Å²) >= 11 is 0. The van der Waals surface area contributed by atoms with E-state index in [4.69, 9.17) is 0 Å². The monoisotopic (exact) mass is 308 g/mol. The zero-order valence-electron chi connectivity index (χ0n) is 12.9. The maximum atomic E-state index is 12.5. The van der Waals surface area contributed by atoms with Crippen molar-refractivity contribution in [3.8, 4) is 0 Å². The summed E-state index contributed by atoms with van der Waals surface area (Å²) in [4.78, 5) is 29.0. The molecule has 0 radical (unpaired) electrons. The van der Waals surface area contributed by atoms with Crippen molar-refractivity contribution < 1.29 is 4.79 Å². The Bertz CT molecular complexity index is 929. The number of benzene rings is 1. The average molecular weight is 308 g/mol. The Morgan fingerprint density at radius 2 is 2.00 bits per heavy atom. The van der Waals surface area contributed by atoms with Gasteiger partial charge in [0.2, 0.25) is 5.43 Å². The molecule has 23 heavy (non-hydrogen) atoms. The van der Waals surface area contributed by atoms with E-state index in [1.54, 1.807) is 29.1 Å². The standard InChI is InChI=1S/C17H16N4O2/c1-3-21-13-7-5-4-6-12(13)16(22)15(20-21)17(23)19-14-9-8-11(2)10-18-14/h4-10H,3H2,1-2H3,(H,18,19,23). The largest absolute Gasteiger partial charge is 0.305 e. The molecule has 3 rings (SSSR count). The van der Waals surface area contributed by atoms with Crippen LogP contribution in [-0.2, 0) is 6.54 Å². The molecule has 1 amide bonds. The maximum absolute atomic E-state index is 12.5. The van der Waals surface area contributed by atoms with Crippen LogP contribution in [0.5, 0.6) is 0 Å². The third kappa shape index (κ3) is 2.83. The summed E-state index contributed by atoms with van der Waals surface area (Å²) in [6, 6.07) is 10.6. The highest BCUT2D eigenvalue weighted by atomic mass is 16.2. The molecule has 0 saturated heterocycles. The number of carbonyl (C=O) groups is 1. The van der Waals surface area contributed by atoms with E-state index in [1.807, 2.05) is 32.0 Å². The van der Waals surface area contributed by atoms with Gasteiger partial charge in [-0.25, -0.2) is 4.98 Å². The van der Waals surface area contributed by atoms with Gasteiger partial charge in [-0.15, -0.1) is 0 Å². The lowest BCUT2D eigenvalue weighted by Crippen LogP contribution is -2.27. The summed E-state index contributed by atoms with van der Waals surface area (Å²) in [5.74, 6) is -0.169. The molecule has 0 aliphatic carbocycles. The number of hydrogen-bond donors (Lipinski definition) is 1. The molecule has 0 atom stereocenters. The second-order valence-corrected chi connectivity index (χ2v) is 5.19. The zero-order valence-corrected chi connectivity index (χ0v) is 12.9. The molecule has 0 spiro atoms. The number of para-hydroxylation sites is 1. The second kappa shape index (κ2) is 6.00. The molecule has 0 saturated carbocycles. The smallest absolute Gasteiger partial charge is 0.281 e. The van der Waals surface area contributed by atoms with E-state index in [1.165, 1.54) is 0 Å². The minimum Gasteiger partial charge on any atom is -0.305 e. The highest BCUT2D eigenvalue weighted by Crippen LogP contribution is 2.10. The van der Waals surface area contributed by atoms with Gasteiger partial charge in [0.15, 0.2) is 5.69 Å². The molecule has 0 aliphatic heterocycles. The van der Waals surface area contributed by atoms with Crippen LogP contribution in [0.25, 0.3) is 10.9 Å². The van der Waals surface area contributed by atoms with E-state index in [0.29, 0.717) is 23.3 Å². The molecular weight excluding hydrogens is 292 g/mol. The van der Waals surface area contributed by atoms with Crippen LogP contribution in [-0.4, -0.2) is 20.7 Å². The SMILES string of the molecule is CCn1nc(C(=O)Nc2ccc(C)cn2)c(=O)c2ccccc21. The number of aromatic nitrogens is 3. The van der Waals surface area contributed by atoms with Crippen molar-refractivity contribution in [1.29, 1.82) is 0 Å². The molecule has 0 fully saturated rings. The number of aryl methyl sites for hydroxylation is 2. The number of amides is 1. The molecule has 3 aromatic rings. The van der Waals surface area contributed by atoms with Crippen molar-refractivity contribution in [1.82, 2.24) is 14.8 Å². The van der Waals surface area contributed by atoms with Crippen LogP contribution < -0.4 is 10.7 Å². The van der Waals surface area contributed by atoms with E-state index in [2.05, 4.69) is 15.4 Å². The van der Waals surface area contributed by atoms with Crippen LogP contribution in [0.15, 0.2) is 47.4 Å². The normalized spacial score (nSPS) is 10.7. The van der Waals surface area contributed by atoms with Gasteiger partial charge in [-0.2, -0.15) is 5.10 Å². The summed E-state index contributed by atoms with van der Waals surface area (Å²) in [6.07, 6.45) is 1.65. The Kier molecular flexibility index (Phi) is 3.89. The number of anilines is 1. The van der Waals surface area contributed by atoms with Gasteiger partial charge >= 0.3 is 0 Å². The number of fused-ring (bicyclic) bond motifs is 1. The lowest BCUT2D eigenvalue weighted by Gasteiger charge is -2.10. The van der Waals surface area contributed by atoms with Crippen molar-refractivity contribution in [2.24, 2.45) is 0 Å². The zero-order chi connectivity index (χ0) is 16.4. The van der Waals surface area contributed by atoms with E-state index >= 15 is 0 Å². The lowest BCUT2D eigenvalue weighted by molar-refractivity contribution is 0.101. The first-order valence-electron chi connectivity index (χ1n) is 7.34. The Hall–Kier alpha value is -3.02. The molecule has 1 aromatic carbocycles. The molecular formula is C17H16N4O2. The maximum Gasteiger partial charge on any atom is 0.281 e. The van der Waals surface area contributed by atoms with E-state index < -0.39 is 5.91 Å². The molecule has 0 bridgehead atoms. The molecule has 0 unspecified atom stereocenters. The predicted molar refractivity (Wildman–Crippen MR) is 88.6 cm³/mol. The molecule has 2 aromatic heterocycles. The Morgan fingerprint density at radius 1 is 1.22 bits per heavy atom. The fourth-order valence-electron chi connectivity index (χ4n) is 2.35. The van der Waals surface area contributed by atoms with Crippen LogP contribution in [0.3, 0.4) is 0 Å². The Labute approximate surface area is 132 Å². The molecule has 2 heterocycles. The fraction of sp³-hybridized carbons (Fsp3) is 0.176. The number of rotatable bonds is 3. The first-order chi connectivity index (χ1) is 11.1. The minimum absolute atomic E-state index is 0.132. The van der Waals surface area contributed by atoms with Crippen molar-refractivity contribution in [2.45, 2.75) is 20.4 Å². The third-order valence-electron chi connectivity index (χ3n) is 3.53.